The largest absolute Gasteiger partial charge is 0.497 e. The van der Waals surface area contributed by atoms with Gasteiger partial charge in [0, 0.05) is 11.6 Å². The Morgan fingerprint density at radius 1 is 1.08 bits per heavy atom. The van der Waals surface area contributed by atoms with E-state index in [1.807, 2.05) is 0 Å². The van der Waals surface area contributed by atoms with E-state index in [2.05, 4.69) is 4.72 Å². The molecule has 0 atom stereocenters. The van der Waals surface area contributed by atoms with Crippen LogP contribution in [0.4, 0.5) is 11.4 Å². The summed E-state index contributed by atoms with van der Waals surface area (Å²) in [6, 6.07) is 8.72. The average Bonchev–Trinajstić information content (AvgIpc) is 2.59. The maximum absolute atomic E-state index is 11.5. The normalized spacial score (nSPS) is 10.9. The van der Waals surface area contributed by atoms with Gasteiger partial charge in [-0.2, -0.15) is 0 Å². The molecule has 26 heavy (non-hydrogen) atoms. The van der Waals surface area contributed by atoms with E-state index in [9.17, 15) is 18.5 Å². The van der Waals surface area contributed by atoms with Gasteiger partial charge in [-0.05, 0) is 24.3 Å². The fourth-order valence-electron chi connectivity index (χ4n) is 2.18. The quantitative estimate of drug-likeness (QED) is 0.551. The zero-order valence-corrected chi connectivity index (χ0v) is 15.2. The molecule has 0 saturated heterocycles. The highest BCUT2D eigenvalue weighted by atomic mass is 32.2. The van der Waals surface area contributed by atoms with Gasteiger partial charge in [0.2, 0.25) is 10.0 Å². The summed E-state index contributed by atoms with van der Waals surface area (Å²) in [6.45, 7) is -0.0139. The van der Waals surface area contributed by atoms with Crippen molar-refractivity contribution >= 4 is 21.4 Å². The van der Waals surface area contributed by atoms with E-state index in [1.54, 1.807) is 18.2 Å². The number of ether oxygens (including phenoxy) is 3. The lowest BCUT2D eigenvalue weighted by Gasteiger charge is -2.14. The summed E-state index contributed by atoms with van der Waals surface area (Å²) in [5.74, 6) is 1.14. The molecule has 2 rings (SSSR count). The second-order valence-electron chi connectivity index (χ2n) is 5.28. The topological polar surface area (TPSA) is 117 Å². The average molecular weight is 382 g/mol. The number of hydrogen-bond donors (Lipinski definition) is 1. The molecule has 9 nitrogen and oxygen atoms in total. The molecule has 0 heterocycles. The van der Waals surface area contributed by atoms with Crippen LogP contribution in [0.2, 0.25) is 0 Å². The van der Waals surface area contributed by atoms with E-state index in [0.29, 0.717) is 17.1 Å². The van der Waals surface area contributed by atoms with Crippen molar-refractivity contribution < 1.29 is 27.6 Å². The van der Waals surface area contributed by atoms with Crippen LogP contribution in [-0.2, 0) is 16.6 Å². The molecule has 0 aliphatic carbocycles. The van der Waals surface area contributed by atoms with Crippen molar-refractivity contribution in [3.63, 3.8) is 0 Å². The highest BCUT2D eigenvalue weighted by Crippen LogP contribution is 2.32. The number of nitro groups is 1. The van der Waals surface area contributed by atoms with Gasteiger partial charge in [0.05, 0.1) is 37.2 Å². The third-order valence-corrected chi connectivity index (χ3v) is 3.93. The summed E-state index contributed by atoms with van der Waals surface area (Å²) in [4.78, 5) is 10.4. The fourth-order valence-corrected chi connectivity index (χ4v) is 2.75. The minimum atomic E-state index is -3.58. The molecule has 0 bridgehead atoms. The van der Waals surface area contributed by atoms with Gasteiger partial charge in [-0.15, -0.1) is 0 Å². The Balaban J connectivity index is 2.35. The molecular weight excluding hydrogens is 364 g/mol. The Bertz CT molecular complexity index is 913. The number of anilines is 1. The Labute approximate surface area is 150 Å². The molecule has 0 fully saturated rings. The fraction of sp³-hybridized carbons (Fsp3) is 0.250. The molecule has 2 aromatic carbocycles. The number of rotatable bonds is 8. The molecule has 0 radical (unpaired) electrons. The second kappa shape index (κ2) is 7.91. The lowest BCUT2D eigenvalue weighted by molar-refractivity contribution is -0.384. The first-order chi connectivity index (χ1) is 12.2. The van der Waals surface area contributed by atoms with Crippen molar-refractivity contribution in [1.82, 2.24) is 0 Å². The molecule has 0 aliphatic rings. The molecule has 0 aromatic heterocycles. The van der Waals surface area contributed by atoms with E-state index in [-0.39, 0.29) is 23.7 Å². The molecular formula is C16H18N2O7S. The third kappa shape index (κ3) is 4.99. The molecule has 2 aromatic rings. The second-order valence-corrected chi connectivity index (χ2v) is 7.03. The van der Waals surface area contributed by atoms with Crippen molar-refractivity contribution in [1.29, 1.82) is 0 Å². The molecule has 0 unspecified atom stereocenters. The summed E-state index contributed by atoms with van der Waals surface area (Å²) in [6.07, 6.45) is 0.975. The van der Waals surface area contributed by atoms with Gasteiger partial charge < -0.3 is 14.2 Å². The van der Waals surface area contributed by atoms with Crippen molar-refractivity contribution in [2.24, 2.45) is 0 Å². The molecule has 140 valence electrons. The maximum Gasteiger partial charge on any atom is 0.273 e. The van der Waals surface area contributed by atoms with E-state index in [1.165, 1.54) is 26.4 Å². The van der Waals surface area contributed by atoms with Gasteiger partial charge in [0.25, 0.3) is 5.69 Å². The smallest absolute Gasteiger partial charge is 0.273 e. The minimum Gasteiger partial charge on any atom is -0.497 e. The van der Waals surface area contributed by atoms with Crippen LogP contribution in [0.15, 0.2) is 36.4 Å². The van der Waals surface area contributed by atoms with Crippen LogP contribution in [0.25, 0.3) is 0 Å². The number of sulfonamides is 1. The van der Waals surface area contributed by atoms with Gasteiger partial charge in [0.1, 0.15) is 18.1 Å². The summed E-state index contributed by atoms with van der Waals surface area (Å²) in [5, 5.41) is 11.0. The standard InChI is InChI=1S/C16H18N2O7S/c1-23-13-5-7-15(24-2)11(8-13)10-25-16-9-12(18(19)20)4-6-14(16)17-26(3,21)22/h4-9,17H,10H2,1-3H3. The first-order valence-corrected chi connectivity index (χ1v) is 9.22. The molecule has 10 heteroatoms. The third-order valence-electron chi connectivity index (χ3n) is 3.34. The van der Waals surface area contributed by atoms with Crippen LogP contribution < -0.4 is 18.9 Å². The molecule has 0 spiro atoms. The molecule has 0 saturated carbocycles. The highest BCUT2D eigenvalue weighted by Gasteiger charge is 2.16. The van der Waals surface area contributed by atoms with Crippen molar-refractivity contribution in [3.05, 3.63) is 52.1 Å². The van der Waals surface area contributed by atoms with Crippen molar-refractivity contribution in [3.8, 4) is 17.2 Å². The first-order valence-electron chi connectivity index (χ1n) is 7.33. The zero-order chi connectivity index (χ0) is 19.3. The van der Waals surface area contributed by atoms with Crippen LogP contribution in [-0.4, -0.2) is 33.8 Å². The lowest BCUT2D eigenvalue weighted by atomic mass is 10.2. The monoisotopic (exact) mass is 382 g/mol. The summed E-state index contributed by atoms with van der Waals surface area (Å²) >= 11 is 0. The number of nitrogens with one attached hydrogen (secondary N) is 1. The predicted octanol–water partition coefficient (Wildman–Crippen LogP) is 2.56. The first kappa shape index (κ1) is 19.3. The van der Waals surface area contributed by atoms with E-state index < -0.39 is 14.9 Å². The lowest BCUT2D eigenvalue weighted by Crippen LogP contribution is -2.11. The van der Waals surface area contributed by atoms with Crippen LogP contribution in [0, 0.1) is 10.1 Å². The van der Waals surface area contributed by atoms with Gasteiger partial charge in [-0.25, -0.2) is 8.42 Å². The van der Waals surface area contributed by atoms with Crippen LogP contribution in [0.3, 0.4) is 0 Å². The predicted molar refractivity (Wildman–Crippen MR) is 95.4 cm³/mol. The molecule has 1 N–H and O–H groups in total. The Morgan fingerprint density at radius 2 is 1.81 bits per heavy atom. The molecule has 0 amide bonds. The van der Waals surface area contributed by atoms with Crippen LogP contribution >= 0.6 is 0 Å². The zero-order valence-electron chi connectivity index (χ0n) is 14.4. The SMILES string of the molecule is COc1ccc(OC)c(COc2cc([N+](=O)[O-])ccc2NS(C)(=O)=O)c1. The van der Waals surface area contributed by atoms with Gasteiger partial charge in [-0.1, -0.05) is 0 Å². The Morgan fingerprint density at radius 3 is 2.38 bits per heavy atom. The maximum atomic E-state index is 11.5. The highest BCUT2D eigenvalue weighted by molar-refractivity contribution is 7.92. The Kier molecular flexibility index (Phi) is 5.88. The number of nitro benzene ring substituents is 1. The van der Waals surface area contributed by atoms with E-state index >= 15 is 0 Å². The van der Waals surface area contributed by atoms with Crippen LogP contribution in [0.1, 0.15) is 5.56 Å². The van der Waals surface area contributed by atoms with Crippen LogP contribution in [0.5, 0.6) is 17.2 Å². The van der Waals surface area contributed by atoms with Gasteiger partial charge >= 0.3 is 0 Å². The number of hydrogen-bond acceptors (Lipinski definition) is 7. The summed E-state index contributed by atoms with van der Waals surface area (Å²) in [7, 11) is -0.573. The van der Waals surface area contributed by atoms with Gasteiger partial charge in [-0.3, -0.25) is 14.8 Å². The number of non-ortho nitro benzene ring substituents is 1. The molecule has 0 aliphatic heterocycles. The van der Waals surface area contributed by atoms with Crippen molar-refractivity contribution in [2.75, 3.05) is 25.2 Å². The number of nitrogens with zero attached hydrogens (tertiary/aromatic N) is 1. The Hall–Kier alpha value is -3.01. The van der Waals surface area contributed by atoms with E-state index in [4.69, 9.17) is 14.2 Å². The minimum absolute atomic E-state index is 0.0139. The van der Waals surface area contributed by atoms with Gasteiger partial charge in [0.15, 0.2) is 5.75 Å². The van der Waals surface area contributed by atoms with E-state index in [0.717, 1.165) is 12.3 Å². The number of benzene rings is 2. The summed E-state index contributed by atoms with van der Waals surface area (Å²) in [5.41, 5.74) is 0.500. The van der Waals surface area contributed by atoms with Crippen molar-refractivity contribution in [2.45, 2.75) is 6.61 Å². The number of methoxy groups -OCH3 is 2. The summed E-state index contributed by atoms with van der Waals surface area (Å²) < 4.78 is 41.3.